The maximum absolute atomic E-state index is 6.12. The smallest absolute Gasteiger partial charge is 0.143 e. The fourth-order valence-corrected chi connectivity index (χ4v) is 2.72. The summed E-state index contributed by atoms with van der Waals surface area (Å²) in [5.41, 5.74) is 3.22. The van der Waals surface area contributed by atoms with Gasteiger partial charge in [-0.3, -0.25) is 0 Å². The summed E-state index contributed by atoms with van der Waals surface area (Å²) in [4.78, 5) is 4.03. The van der Waals surface area contributed by atoms with Crippen molar-refractivity contribution in [3.8, 4) is 5.75 Å². The lowest BCUT2D eigenvalue weighted by Crippen LogP contribution is -2.13. The molecule has 0 bridgehead atoms. The lowest BCUT2D eigenvalue weighted by atomic mass is 10.0. The first kappa shape index (κ1) is 13.5. The molecule has 0 aliphatic carbocycles. The summed E-state index contributed by atoms with van der Waals surface area (Å²) in [5.74, 6) is 0.855. The summed E-state index contributed by atoms with van der Waals surface area (Å²) in [7, 11) is 0. The van der Waals surface area contributed by atoms with Crippen molar-refractivity contribution in [1.82, 2.24) is 4.98 Å². The fourth-order valence-electron chi connectivity index (χ4n) is 2.30. The van der Waals surface area contributed by atoms with Crippen molar-refractivity contribution in [2.75, 3.05) is 11.9 Å². The molecule has 0 fully saturated rings. The van der Waals surface area contributed by atoms with Crippen LogP contribution in [-0.2, 0) is 13.0 Å². The SMILES string of the molecule is Clc1cc(Cl)c(COc2cccc3c2NCCC3)cn1. The fraction of sp³-hybridized carbons (Fsp3) is 0.267. The van der Waals surface area contributed by atoms with Gasteiger partial charge in [-0.05, 0) is 30.5 Å². The van der Waals surface area contributed by atoms with Crippen LogP contribution in [0.15, 0.2) is 30.5 Å². The number of hydrogen-bond donors (Lipinski definition) is 1. The second-order valence-electron chi connectivity index (χ2n) is 4.71. The van der Waals surface area contributed by atoms with E-state index in [0.717, 1.165) is 36.4 Å². The molecule has 0 spiro atoms. The zero-order valence-electron chi connectivity index (χ0n) is 10.8. The van der Waals surface area contributed by atoms with Crippen molar-refractivity contribution in [3.63, 3.8) is 0 Å². The van der Waals surface area contributed by atoms with Crippen molar-refractivity contribution in [1.29, 1.82) is 0 Å². The molecule has 0 saturated heterocycles. The minimum absolute atomic E-state index is 0.376. The highest BCUT2D eigenvalue weighted by Gasteiger charge is 2.13. The Kier molecular flexibility index (Phi) is 3.99. The number of hydrogen-bond acceptors (Lipinski definition) is 3. The van der Waals surface area contributed by atoms with Crippen LogP contribution in [0.3, 0.4) is 0 Å². The normalized spacial score (nSPS) is 13.5. The van der Waals surface area contributed by atoms with Crippen LogP contribution in [0.25, 0.3) is 0 Å². The van der Waals surface area contributed by atoms with Crippen LogP contribution >= 0.6 is 23.2 Å². The number of aromatic nitrogens is 1. The molecule has 1 aromatic carbocycles. The molecule has 2 heterocycles. The van der Waals surface area contributed by atoms with Gasteiger partial charge in [0.05, 0.1) is 10.7 Å². The van der Waals surface area contributed by atoms with Gasteiger partial charge in [-0.1, -0.05) is 35.3 Å². The monoisotopic (exact) mass is 308 g/mol. The third-order valence-corrected chi connectivity index (χ3v) is 3.88. The van der Waals surface area contributed by atoms with E-state index >= 15 is 0 Å². The Hall–Kier alpha value is -1.45. The molecule has 1 N–H and O–H groups in total. The van der Waals surface area contributed by atoms with Crippen LogP contribution in [0.5, 0.6) is 5.75 Å². The lowest BCUT2D eigenvalue weighted by molar-refractivity contribution is 0.306. The number of halogens is 2. The van der Waals surface area contributed by atoms with E-state index in [2.05, 4.69) is 16.4 Å². The Labute approximate surface area is 127 Å². The van der Waals surface area contributed by atoms with Crippen LogP contribution in [-0.4, -0.2) is 11.5 Å². The second-order valence-corrected chi connectivity index (χ2v) is 5.50. The van der Waals surface area contributed by atoms with Gasteiger partial charge in [0.2, 0.25) is 0 Å². The van der Waals surface area contributed by atoms with Gasteiger partial charge >= 0.3 is 0 Å². The van der Waals surface area contributed by atoms with Crippen LogP contribution in [0.2, 0.25) is 10.2 Å². The van der Waals surface area contributed by atoms with Crippen molar-refractivity contribution < 1.29 is 4.74 Å². The van der Waals surface area contributed by atoms with Gasteiger partial charge in [0.15, 0.2) is 0 Å². The van der Waals surface area contributed by atoms with Gasteiger partial charge in [0.1, 0.15) is 17.5 Å². The first-order valence-corrected chi connectivity index (χ1v) is 7.28. The Morgan fingerprint density at radius 2 is 2.20 bits per heavy atom. The number of nitrogens with one attached hydrogen (secondary N) is 1. The van der Waals surface area contributed by atoms with Crippen LogP contribution < -0.4 is 10.1 Å². The molecule has 1 aliphatic rings. The Morgan fingerprint density at radius 3 is 3.05 bits per heavy atom. The van der Waals surface area contributed by atoms with Crippen LogP contribution in [0.4, 0.5) is 5.69 Å². The van der Waals surface area contributed by atoms with Gasteiger partial charge in [0, 0.05) is 18.3 Å². The van der Waals surface area contributed by atoms with E-state index in [4.69, 9.17) is 27.9 Å². The van der Waals surface area contributed by atoms with Gasteiger partial charge in [0.25, 0.3) is 0 Å². The summed E-state index contributed by atoms with van der Waals surface area (Å²) >= 11 is 11.9. The predicted molar refractivity (Wildman–Crippen MR) is 81.8 cm³/mol. The number of benzene rings is 1. The largest absolute Gasteiger partial charge is 0.487 e. The number of anilines is 1. The Balaban J connectivity index is 1.78. The van der Waals surface area contributed by atoms with Crippen molar-refractivity contribution in [2.45, 2.75) is 19.4 Å². The number of pyridine rings is 1. The minimum atomic E-state index is 0.376. The quantitative estimate of drug-likeness (QED) is 0.857. The van der Waals surface area contributed by atoms with E-state index in [1.165, 1.54) is 5.56 Å². The third kappa shape index (κ3) is 2.84. The van der Waals surface area contributed by atoms with Crippen molar-refractivity contribution in [3.05, 3.63) is 51.8 Å². The third-order valence-electron chi connectivity index (χ3n) is 3.32. The molecule has 3 rings (SSSR count). The molecule has 0 atom stereocenters. The molecule has 0 amide bonds. The van der Waals surface area contributed by atoms with Crippen molar-refractivity contribution in [2.24, 2.45) is 0 Å². The summed E-state index contributed by atoms with van der Waals surface area (Å²) in [6.45, 7) is 1.36. The summed E-state index contributed by atoms with van der Waals surface area (Å²) in [6, 6.07) is 7.74. The average Bonchev–Trinajstić information content (AvgIpc) is 2.46. The summed E-state index contributed by atoms with van der Waals surface area (Å²) in [6.07, 6.45) is 3.89. The highest BCUT2D eigenvalue weighted by atomic mass is 35.5. The predicted octanol–water partition coefficient (Wildman–Crippen LogP) is 4.33. The van der Waals surface area contributed by atoms with Gasteiger partial charge in [-0.25, -0.2) is 4.98 Å². The Morgan fingerprint density at radius 1 is 1.30 bits per heavy atom. The van der Waals surface area contributed by atoms with E-state index in [1.807, 2.05) is 12.1 Å². The zero-order chi connectivity index (χ0) is 13.9. The number of fused-ring (bicyclic) bond motifs is 1. The number of ether oxygens (including phenoxy) is 1. The molecule has 2 aromatic rings. The second kappa shape index (κ2) is 5.90. The summed E-state index contributed by atoms with van der Waals surface area (Å²) in [5, 5.41) is 4.36. The number of rotatable bonds is 3. The van der Waals surface area contributed by atoms with Gasteiger partial charge < -0.3 is 10.1 Å². The minimum Gasteiger partial charge on any atom is -0.487 e. The molecular formula is C15H14Cl2N2O. The lowest BCUT2D eigenvalue weighted by Gasteiger charge is -2.21. The zero-order valence-corrected chi connectivity index (χ0v) is 12.3. The van der Waals surface area contributed by atoms with E-state index in [1.54, 1.807) is 12.3 Å². The maximum Gasteiger partial charge on any atom is 0.143 e. The number of nitrogens with zero attached hydrogens (tertiary/aromatic N) is 1. The van der Waals surface area contributed by atoms with Crippen molar-refractivity contribution >= 4 is 28.9 Å². The van der Waals surface area contributed by atoms with E-state index in [-0.39, 0.29) is 0 Å². The van der Waals surface area contributed by atoms with E-state index in [0.29, 0.717) is 16.8 Å². The highest BCUT2D eigenvalue weighted by molar-refractivity contribution is 6.34. The van der Waals surface area contributed by atoms with Crippen LogP contribution in [0.1, 0.15) is 17.5 Å². The molecule has 20 heavy (non-hydrogen) atoms. The van der Waals surface area contributed by atoms with E-state index < -0.39 is 0 Å². The van der Waals surface area contributed by atoms with Gasteiger partial charge in [-0.15, -0.1) is 0 Å². The molecular weight excluding hydrogens is 295 g/mol. The molecule has 1 aromatic heterocycles. The molecule has 104 valence electrons. The highest BCUT2D eigenvalue weighted by Crippen LogP contribution is 2.33. The maximum atomic E-state index is 6.12. The van der Waals surface area contributed by atoms with Crippen LogP contribution in [0, 0.1) is 0 Å². The molecule has 0 saturated carbocycles. The number of aryl methyl sites for hydroxylation is 1. The molecule has 0 radical (unpaired) electrons. The topological polar surface area (TPSA) is 34.1 Å². The molecule has 1 aliphatic heterocycles. The first-order chi connectivity index (χ1) is 9.74. The molecule has 3 nitrogen and oxygen atoms in total. The first-order valence-electron chi connectivity index (χ1n) is 6.52. The number of para-hydroxylation sites is 1. The molecule has 0 unspecified atom stereocenters. The van der Waals surface area contributed by atoms with E-state index in [9.17, 15) is 0 Å². The van der Waals surface area contributed by atoms with Gasteiger partial charge in [-0.2, -0.15) is 0 Å². The standard InChI is InChI=1S/C15H14Cl2N2O/c16-12-7-14(17)19-8-11(12)9-20-13-5-1-3-10-4-2-6-18-15(10)13/h1,3,5,7-8,18H,2,4,6,9H2. The Bertz CT molecular complexity index is 631. The average molecular weight is 309 g/mol. The molecule has 5 heteroatoms. The summed E-state index contributed by atoms with van der Waals surface area (Å²) < 4.78 is 5.88.